The van der Waals surface area contributed by atoms with Gasteiger partial charge in [0.05, 0.1) is 0 Å². The van der Waals surface area contributed by atoms with Crippen molar-refractivity contribution >= 4 is 11.7 Å². The second kappa shape index (κ2) is 5.68. The summed E-state index contributed by atoms with van der Waals surface area (Å²) in [7, 11) is 1.53. The Labute approximate surface area is 102 Å². The van der Waals surface area contributed by atoms with Gasteiger partial charge in [0, 0.05) is 12.8 Å². The number of carbonyl (C=O) groups is 1. The fourth-order valence-electron chi connectivity index (χ4n) is 1.37. The number of carbonyl (C=O) groups excluding carboxylic acids is 1. The number of amides is 2. The van der Waals surface area contributed by atoms with Gasteiger partial charge in [0.2, 0.25) is 0 Å². The number of hydrogen-bond donors (Lipinski definition) is 2. The number of benzene rings is 1. The van der Waals surface area contributed by atoms with E-state index < -0.39 is 0 Å². The van der Waals surface area contributed by atoms with Gasteiger partial charge in [0.25, 0.3) is 0 Å². The van der Waals surface area contributed by atoms with Crippen molar-refractivity contribution in [3.05, 3.63) is 29.8 Å². The lowest BCUT2D eigenvalue weighted by molar-refractivity contribution is 0.177. The van der Waals surface area contributed by atoms with Crippen molar-refractivity contribution in [2.24, 2.45) is 0 Å². The van der Waals surface area contributed by atoms with E-state index >= 15 is 0 Å². The van der Waals surface area contributed by atoms with Crippen LogP contribution in [-0.2, 0) is 10.2 Å². The largest absolute Gasteiger partial charge is 0.364 e. The maximum atomic E-state index is 11.4. The average molecular weight is 236 g/mol. The third kappa shape index (κ3) is 4.44. The number of hydrogen-bond acceptors (Lipinski definition) is 2. The van der Waals surface area contributed by atoms with Crippen molar-refractivity contribution in [3.63, 3.8) is 0 Å². The number of ether oxygens (including phenoxy) is 1. The van der Waals surface area contributed by atoms with Crippen LogP contribution < -0.4 is 10.6 Å². The van der Waals surface area contributed by atoms with Gasteiger partial charge in [-0.25, -0.2) is 4.79 Å². The molecule has 0 aliphatic rings. The molecule has 94 valence electrons. The van der Waals surface area contributed by atoms with Gasteiger partial charge in [-0.3, -0.25) is 0 Å². The number of anilines is 1. The first kappa shape index (κ1) is 13.5. The first-order chi connectivity index (χ1) is 7.93. The Morgan fingerprint density at radius 1 is 1.24 bits per heavy atom. The number of urea groups is 1. The molecule has 1 rings (SSSR count). The van der Waals surface area contributed by atoms with Crippen molar-refractivity contribution in [3.8, 4) is 0 Å². The first-order valence-electron chi connectivity index (χ1n) is 5.58. The third-order valence-electron chi connectivity index (χ3n) is 2.39. The lowest BCUT2D eigenvalue weighted by Crippen LogP contribution is -2.30. The molecule has 0 saturated carbocycles. The predicted molar refractivity (Wildman–Crippen MR) is 69.2 cm³/mol. The van der Waals surface area contributed by atoms with E-state index in [1.807, 2.05) is 24.3 Å². The molecule has 0 saturated heterocycles. The van der Waals surface area contributed by atoms with Gasteiger partial charge in [0.1, 0.15) is 6.73 Å². The summed E-state index contributed by atoms with van der Waals surface area (Å²) in [6.07, 6.45) is 0. The fourth-order valence-corrected chi connectivity index (χ4v) is 1.37. The van der Waals surface area contributed by atoms with Crippen LogP contribution >= 0.6 is 0 Å². The van der Waals surface area contributed by atoms with Crippen LogP contribution in [0.3, 0.4) is 0 Å². The molecule has 0 aliphatic heterocycles. The zero-order valence-electron chi connectivity index (χ0n) is 10.8. The van der Waals surface area contributed by atoms with Gasteiger partial charge in [-0.05, 0) is 23.1 Å². The van der Waals surface area contributed by atoms with E-state index in [4.69, 9.17) is 4.74 Å². The third-order valence-corrected chi connectivity index (χ3v) is 2.39. The number of methoxy groups -OCH3 is 1. The zero-order valence-corrected chi connectivity index (χ0v) is 10.8. The lowest BCUT2D eigenvalue weighted by atomic mass is 9.87. The summed E-state index contributed by atoms with van der Waals surface area (Å²) in [6.45, 7) is 6.66. The fraction of sp³-hybridized carbons (Fsp3) is 0.462. The lowest BCUT2D eigenvalue weighted by Gasteiger charge is -2.19. The van der Waals surface area contributed by atoms with Crippen LogP contribution in [-0.4, -0.2) is 19.9 Å². The van der Waals surface area contributed by atoms with E-state index in [9.17, 15) is 4.79 Å². The van der Waals surface area contributed by atoms with Crippen LogP contribution in [0.25, 0.3) is 0 Å². The van der Waals surface area contributed by atoms with E-state index in [-0.39, 0.29) is 18.2 Å². The van der Waals surface area contributed by atoms with E-state index in [1.54, 1.807) is 0 Å². The van der Waals surface area contributed by atoms with Crippen molar-refractivity contribution in [1.82, 2.24) is 5.32 Å². The molecule has 1 aromatic rings. The Morgan fingerprint density at radius 2 is 1.82 bits per heavy atom. The van der Waals surface area contributed by atoms with Crippen LogP contribution in [0.15, 0.2) is 24.3 Å². The molecule has 17 heavy (non-hydrogen) atoms. The van der Waals surface area contributed by atoms with Crippen molar-refractivity contribution < 1.29 is 9.53 Å². The highest BCUT2D eigenvalue weighted by atomic mass is 16.5. The normalized spacial score (nSPS) is 11.1. The molecule has 0 aromatic heterocycles. The summed E-state index contributed by atoms with van der Waals surface area (Å²) in [5, 5.41) is 5.28. The SMILES string of the molecule is COCNC(=O)Nc1ccc(C(C)(C)C)cc1. The maximum absolute atomic E-state index is 11.4. The second-order valence-corrected chi connectivity index (χ2v) is 4.89. The predicted octanol–water partition coefficient (Wildman–Crippen LogP) is 2.71. The molecule has 4 heteroatoms. The van der Waals surface area contributed by atoms with Crippen molar-refractivity contribution in [2.45, 2.75) is 26.2 Å². The van der Waals surface area contributed by atoms with Gasteiger partial charge in [-0.1, -0.05) is 32.9 Å². The summed E-state index contributed by atoms with van der Waals surface area (Å²) < 4.78 is 4.74. The van der Waals surface area contributed by atoms with E-state index in [0.717, 1.165) is 5.69 Å². The molecule has 2 amide bonds. The van der Waals surface area contributed by atoms with Gasteiger partial charge in [-0.15, -0.1) is 0 Å². The monoisotopic (exact) mass is 236 g/mol. The highest BCUT2D eigenvalue weighted by Crippen LogP contribution is 2.23. The standard InChI is InChI=1S/C13H20N2O2/c1-13(2,3)10-5-7-11(8-6-10)15-12(16)14-9-17-4/h5-8H,9H2,1-4H3,(H2,14,15,16). The molecule has 4 nitrogen and oxygen atoms in total. The van der Waals surface area contributed by atoms with Crippen LogP contribution in [0.5, 0.6) is 0 Å². The van der Waals surface area contributed by atoms with Gasteiger partial charge in [0.15, 0.2) is 0 Å². The molecule has 0 fully saturated rings. The summed E-state index contributed by atoms with van der Waals surface area (Å²) in [5.74, 6) is 0. The molecular weight excluding hydrogens is 216 g/mol. The van der Waals surface area contributed by atoms with E-state index in [0.29, 0.717) is 0 Å². The Hall–Kier alpha value is -1.55. The maximum Gasteiger partial charge on any atom is 0.321 e. The minimum absolute atomic E-state index is 0.122. The Balaban J connectivity index is 2.60. The van der Waals surface area contributed by atoms with Crippen LogP contribution in [0.2, 0.25) is 0 Å². The zero-order chi connectivity index (χ0) is 12.9. The molecule has 0 aliphatic carbocycles. The smallest absolute Gasteiger partial charge is 0.321 e. The van der Waals surface area contributed by atoms with E-state index in [1.165, 1.54) is 12.7 Å². The van der Waals surface area contributed by atoms with Crippen molar-refractivity contribution in [1.29, 1.82) is 0 Å². The van der Waals surface area contributed by atoms with Crippen LogP contribution in [0, 0.1) is 0 Å². The Morgan fingerprint density at radius 3 is 2.29 bits per heavy atom. The summed E-state index contributed by atoms with van der Waals surface area (Å²) in [4.78, 5) is 11.4. The molecule has 0 heterocycles. The van der Waals surface area contributed by atoms with Crippen molar-refractivity contribution in [2.75, 3.05) is 19.2 Å². The minimum Gasteiger partial charge on any atom is -0.364 e. The highest BCUT2D eigenvalue weighted by molar-refractivity contribution is 5.89. The number of rotatable bonds is 3. The van der Waals surface area contributed by atoms with Crippen LogP contribution in [0.1, 0.15) is 26.3 Å². The van der Waals surface area contributed by atoms with E-state index in [2.05, 4.69) is 31.4 Å². The molecule has 1 aromatic carbocycles. The molecule has 0 atom stereocenters. The first-order valence-corrected chi connectivity index (χ1v) is 5.58. The topological polar surface area (TPSA) is 50.4 Å². The molecule has 2 N–H and O–H groups in total. The Bertz CT molecular complexity index is 366. The molecule has 0 spiro atoms. The van der Waals surface area contributed by atoms with Gasteiger partial charge >= 0.3 is 6.03 Å². The molecule has 0 unspecified atom stereocenters. The molecule has 0 bridgehead atoms. The summed E-state index contributed by atoms with van der Waals surface area (Å²) in [5.41, 5.74) is 2.13. The van der Waals surface area contributed by atoms with Gasteiger partial charge in [-0.2, -0.15) is 0 Å². The van der Waals surface area contributed by atoms with Crippen LogP contribution in [0.4, 0.5) is 10.5 Å². The average Bonchev–Trinajstić information content (AvgIpc) is 2.26. The molecular formula is C13H20N2O2. The minimum atomic E-state index is -0.268. The summed E-state index contributed by atoms with van der Waals surface area (Å²) >= 11 is 0. The quantitative estimate of drug-likeness (QED) is 0.793. The second-order valence-electron chi connectivity index (χ2n) is 4.89. The van der Waals surface area contributed by atoms with Gasteiger partial charge < -0.3 is 15.4 Å². The number of nitrogens with one attached hydrogen (secondary N) is 2. The summed E-state index contributed by atoms with van der Waals surface area (Å²) in [6, 6.07) is 7.56. The molecule has 0 radical (unpaired) electrons. The Kier molecular flexibility index (Phi) is 4.52. The highest BCUT2D eigenvalue weighted by Gasteiger charge is 2.12.